The minimum absolute atomic E-state index is 0.0909. The van der Waals surface area contributed by atoms with Gasteiger partial charge in [0, 0.05) is 10.7 Å². The van der Waals surface area contributed by atoms with Gasteiger partial charge in [-0.2, -0.15) is 0 Å². The van der Waals surface area contributed by atoms with E-state index in [0.29, 0.717) is 16.5 Å². The van der Waals surface area contributed by atoms with Crippen molar-refractivity contribution >= 4 is 42.9 Å². The first-order valence-corrected chi connectivity index (χ1v) is 8.52. The fourth-order valence-corrected chi connectivity index (χ4v) is 2.74. The Kier molecular flexibility index (Phi) is 4.49. The Morgan fingerprint density at radius 3 is 2.25 bits per heavy atom. The van der Waals surface area contributed by atoms with Crippen molar-refractivity contribution in [2.24, 2.45) is 0 Å². The fourth-order valence-electron chi connectivity index (χ4n) is 1.52. The lowest BCUT2D eigenvalue weighted by atomic mass is 10.2. The predicted molar refractivity (Wildman–Crippen MR) is 80.8 cm³/mol. The third kappa shape index (κ3) is 3.58. The van der Waals surface area contributed by atoms with Crippen LogP contribution >= 0.6 is 33.9 Å². The Bertz CT molecular complexity index is 757. The lowest BCUT2D eigenvalue weighted by Gasteiger charge is -2.10. The first-order chi connectivity index (χ1) is 9.27. The van der Waals surface area contributed by atoms with Gasteiger partial charge in [0.25, 0.3) is 9.05 Å². The van der Waals surface area contributed by atoms with E-state index in [1.54, 1.807) is 12.1 Å². The molecule has 0 aliphatic heterocycles. The Morgan fingerprint density at radius 2 is 1.65 bits per heavy atom. The van der Waals surface area contributed by atoms with E-state index in [9.17, 15) is 8.42 Å². The molecular formula is C13H9Cl3O3S. The summed E-state index contributed by atoms with van der Waals surface area (Å²) in [6.45, 7) is 1.90. The van der Waals surface area contributed by atoms with Crippen molar-refractivity contribution < 1.29 is 13.2 Å². The minimum Gasteiger partial charge on any atom is -0.454 e. The quantitative estimate of drug-likeness (QED) is 0.729. The maximum atomic E-state index is 11.2. The third-order valence-electron chi connectivity index (χ3n) is 2.49. The van der Waals surface area contributed by atoms with Gasteiger partial charge in [-0.15, -0.1) is 0 Å². The van der Waals surface area contributed by atoms with Crippen LogP contribution in [0.25, 0.3) is 0 Å². The molecule has 0 unspecified atom stereocenters. The van der Waals surface area contributed by atoms with Crippen molar-refractivity contribution in [1.82, 2.24) is 0 Å². The maximum Gasteiger partial charge on any atom is 0.261 e. The Labute approximate surface area is 131 Å². The van der Waals surface area contributed by atoms with E-state index < -0.39 is 9.05 Å². The molecule has 2 rings (SSSR count). The van der Waals surface area contributed by atoms with Crippen LogP contribution in [0.2, 0.25) is 10.0 Å². The topological polar surface area (TPSA) is 43.4 Å². The van der Waals surface area contributed by atoms with Crippen LogP contribution in [0, 0.1) is 6.92 Å². The first-order valence-electron chi connectivity index (χ1n) is 5.45. The van der Waals surface area contributed by atoms with Crippen LogP contribution in [0.15, 0.2) is 41.3 Å². The van der Waals surface area contributed by atoms with E-state index in [4.69, 9.17) is 38.6 Å². The minimum atomic E-state index is -3.82. The van der Waals surface area contributed by atoms with Crippen LogP contribution in [0.3, 0.4) is 0 Å². The molecule has 0 aromatic heterocycles. The summed E-state index contributed by atoms with van der Waals surface area (Å²) in [7, 11) is 1.42. The van der Waals surface area contributed by atoms with E-state index in [1.165, 1.54) is 18.2 Å². The smallest absolute Gasteiger partial charge is 0.261 e. The second-order valence-electron chi connectivity index (χ2n) is 4.07. The number of aryl methyl sites for hydroxylation is 1. The van der Waals surface area contributed by atoms with Gasteiger partial charge in [-0.25, -0.2) is 8.42 Å². The van der Waals surface area contributed by atoms with E-state index in [2.05, 4.69) is 0 Å². The van der Waals surface area contributed by atoms with Crippen LogP contribution in [-0.4, -0.2) is 8.42 Å². The van der Waals surface area contributed by atoms with E-state index in [1.807, 2.05) is 13.0 Å². The Morgan fingerprint density at radius 1 is 0.950 bits per heavy atom. The van der Waals surface area contributed by atoms with Gasteiger partial charge < -0.3 is 4.74 Å². The van der Waals surface area contributed by atoms with Crippen molar-refractivity contribution in [2.75, 3.05) is 0 Å². The summed E-state index contributed by atoms with van der Waals surface area (Å²) in [5.41, 5.74) is 0.973. The summed E-state index contributed by atoms with van der Waals surface area (Å²) in [5.74, 6) is 0.735. The van der Waals surface area contributed by atoms with Crippen molar-refractivity contribution in [3.05, 3.63) is 52.0 Å². The summed E-state index contributed by atoms with van der Waals surface area (Å²) in [4.78, 5) is -0.0909. The number of rotatable bonds is 3. The number of hydrogen-bond donors (Lipinski definition) is 0. The molecule has 106 valence electrons. The summed E-state index contributed by atoms with van der Waals surface area (Å²) < 4.78 is 28.0. The monoisotopic (exact) mass is 350 g/mol. The van der Waals surface area contributed by atoms with Crippen LogP contribution in [0.1, 0.15) is 5.56 Å². The number of ether oxygens (including phenoxy) is 1. The highest BCUT2D eigenvalue weighted by Crippen LogP contribution is 2.35. The van der Waals surface area contributed by atoms with Gasteiger partial charge in [-0.1, -0.05) is 29.3 Å². The maximum absolute atomic E-state index is 11.2. The molecule has 0 fully saturated rings. The highest BCUT2D eigenvalue weighted by molar-refractivity contribution is 8.13. The standard InChI is InChI=1S/C13H9Cl3O3S/c1-8-2-4-10(14)13(6-8)19-12-5-3-9(7-11(12)15)20(16,17)18/h2-7H,1H3. The fraction of sp³-hybridized carbons (Fsp3) is 0.0769. The summed E-state index contributed by atoms with van der Waals surface area (Å²) in [6.07, 6.45) is 0. The molecule has 7 heteroatoms. The van der Waals surface area contributed by atoms with Gasteiger partial charge in [0.15, 0.2) is 0 Å². The van der Waals surface area contributed by atoms with Crippen molar-refractivity contribution in [2.45, 2.75) is 11.8 Å². The molecule has 0 amide bonds. The van der Waals surface area contributed by atoms with Crippen molar-refractivity contribution in [3.63, 3.8) is 0 Å². The zero-order valence-corrected chi connectivity index (χ0v) is 13.3. The Hall–Kier alpha value is -0.940. The molecule has 0 atom stereocenters. The zero-order valence-electron chi connectivity index (χ0n) is 10.2. The van der Waals surface area contributed by atoms with Gasteiger partial charge >= 0.3 is 0 Å². The second-order valence-corrected chi connectivity index (χ2v) is 7.45. The van der Waals surface area contributed by atoms with Gasteiger partial charge in [0.05, 0.1) is 14.9 Å². The van der Waals surface area contributed by atoms with Crippen molar-refractivity contribution in [1.29, 1.82) is 0 Å². The predicted octanol–water partition coefficient (Wildman–Crippen LogP) is 5.02. The van der Waals surface area contributed by atoms with E-state index >= 15 is 0 Å². The van der Waals surface area contributed by atoms with Gasteiger partial charge in [-0.3, -0.25) is 0 Å². The van der Waals surface area contributed by atoms with Crippen LogP contribution in [0.5, 0.6) is 11.5 Å². The van der Waals surface area contributed by atoms with Crippen LogP contribution in [0.4, 0.5) is 0 Å². The van der Waals surface area contributed by atoms with E-state index in [-0.39, 0.29) is 9.92 Å². The molecular weight excluding hydrogens is 343 g/mol. The number of halogens is 3. The molecule has 2 aromatic carbocycles. The molecule has 0 spiro atoms. The molecule has 0 bridgehead atoms. The molecule has 0 heterocycles. The van der Waals surface area contributed by atoms with Crippen LogP contribution < -0.4 is 4.74 Å². The summed E-state index contributed by atoms with van der Waals surface area (Å²) >= 11 is 12.0. The van der Waals surface area contributed by atoms with E-state index in [0.717, 1.165) is 5.56 Å². The molecule has 0 N–H and O–H groups in total. The highest BCUT2D eigenvalue weighted by Gasteiger charge is 2.14. The molecule has 20 heavy (non-hydrogen) atoms. The number of benzene rings is 2. The normalized spacial score (nSPS) is 11.4. The molecule has 2 aromatic rings. The number of hydrogen-bond acceptors (Lipinski definition) is 3. The zero-order chi connectivity index (χ0) is 14.9. The highest BCUT2D eigenvalue weighted by atomic mass is 35.7. The molecule has 0 aliphatic carbocycles. The lowest BCUT2D eigenvalue weighted by Crippen LogP contribution is -1.92. The SMILES string of the molecule is Cc1ccc(Cl)c(Oc2ccc(S(=O)(=O)Cl)cc2Cl)c1. The van der Waals surface area contributed by atoms with Gasteiger partial charge in [0.1, 0.15) is 11.5 Å². The third-order valence-corrected chi connectivity index (χ3v) is 4.45. The average molecular weight is 352 g/mol. The Balaban J connectivity index is 2.38. The molecule has 3 nitrogen and oxygen atoms in total. The second kappa shape index (κ2) is 5.82. The summed E-state index contributed by atoms with van der Waals surface area (Å²) in [6, 6.07) is 9.27. The summed E-state index contributed by atoms with van der Waals surface area (Å²) in [5, 5.41) is 0.560. The first kappa shape index (κ1) is 15.4. The molecule has 0 saturated heterocycles. The lowest BCUT2D eigenvalue weighted by molar-refractivity contribution is 0.482. The van der Waals surface area contributed by atoms with Gasteiger partial charge in [-0.05, 0) is 42.8 Å². The largest absolute Gasteiger partial charge is 0.454 e. The molecule has 0 aliphatic rings. The van der Waals surface area contributed by atoms with Crippen LogP contribution in [-0.2, 0) is 9.05 Å². The molecule has 0 saturated carbocycles. The average Bonchev–Trinajstić information content (AvgIpc) is 2.35. The molecule has 0 radical (unpaired) electrons. The van der Waals surface area contributed by atoms with Gasteiger partial charge in [0.2, 0.25) is 0 Å². The van der Waals surface area contributed by atoms with Crippen molar-refractivity contribution in [3.8, 4) is 11.5 Å².